The molecule has 0 N–H and O–H groups in total. The number of rotatable bonds is 5. The molecule has 0 bridgehead atoms. The topological polar surface area (TPSA) is 0 Å². The Balaban J connectivity index is 0.00000192. The van der Waals surface area contributed by atoms with Gasteiger partial charge in [0.1, 0.15) is 0 Å². The van der Waals surface area contributed by atoms with Crippen LogP contribution in [0.2, 0.25) is 0 Å². The number of allylic oxidation sites excluding steroid dienone is 2. The Labute approximate surface area is 160 Å². The van der Waals surface area contributed by atoms with Gasteiger partial charge in [-0.25, -0.2) is 0 Å². The maximum absolute atomic E-state index is 2.66. The molecule has 0 saturated heterocycles. The molecule has 2 heteroatoms. The second-order valence-electron chi connectivity index (χ2n) is 8.11. The van der Waals surface area contributed by atoms with E-state index in [1.54, 1.807) is 25.7 Å². The van der Waals surface area contributed by atoms with Crippen molar-refractivity contribution in [2.24, 2.45) is 5.92 Å². The van der Waals surface area contributed by atoms with E-state index in [0.29, 0.717) is 0 Å². The van der Waals surface area contributed by atoms with Gasteiger partial charge in [0, 0.05) is 20.4 Å². The third-order valence-corrected chi connectivity index (χ3v) is 10.0. The van der Waals surface area contributed by atoms with Gasteiger partial charge >= 0.3 is 0 Å². The molecule has 0 amide bonds. The Morgan fingerprint density at radius 2 is 1.04 bits per heavy atom. The van der Waals surface area contributed by atoms with Gasteiger partial charge in [0.15, 0.2) is 0 Å². The molecule has 0 unspecified atom stereocenters. The van der Waals surface area contributed by atoms with E-state index in [9.17, 15) is 0 Å². The Hall–Kier alpha value is 0.832. The third-order valence-electron chi connectivity index (χ3n) is 6.46. The van der Waals surface area contributed by atoms with E-state index in [4.69, 9.17) is 0 Å². The predicted molar refractivity (Wildman–Crippen MR) is 101 cm³/mol. The molecule has 3 fully saturated rings. The fourth-order valence-electron chi connectivity index (χ4n) is 5.12. The van der Waals surface area contributed by atoms with Crippen LogP contribution >= 0.6 is 7.92 Å². The molecule has 0 spiro atoms. The Morgan fingerprint density at radius 3 is 1.52 bits per heavy atom. The Kier molecular flexibility index (Phi) is 10.0. The first-order chi connectivity index (χ1) is 10.9. The van der Waals surface area contributed by atoms with Crippen molar-refractivity contribution in [2.45, 2.75) is 108 Å². The van der Waals surface area contributed by atoms with Crippen LogP contribution in [-0.4, -0.2) is 17.5 Å². The standard InChI is InChI=1S/C21H37P.Pd/c1-4-11-19(12-5-1)13-10-18-22(20-14-6-2-7-15-20)21-16-8-3-9-17-21;/h10,13,19-21H,1-9,11-12,14-18H2;. The van der Waals surface area contributed by atoms with Crippen LogP contribution in [0.3, 0.4) is 0 Å². The molecule has 0 aromatic heterocycles. The summed E-state index contributed by atoms with van der Waals surface area (Å²) in [5, 5.41) is 0. The van der Waals surface area contributed by atoms with Gasteiger partial charge in [0.2, 0.25) is 0 Å². The molecular weight excluding hydrogens is 390 g/mol. The van der Waals surface area contributed by atoms with Crippen molar-refractivity contribution in [3.63, 3.8) is 0 Å². The van der Waals surface area contributed by atoms with Crippen LogP contribution in [0.15, 0.2) is 12.2 Å². The second-order valence-corrected chi connectivity index (χ2v) is 11.0. The van der Waals surface area contributed by atoms with Gasteiger partial charge in [-0.3, -0.25) is 0 Å². The van der Waals surface area contributed by atoms with Crippen LogP contribution in [0, 0.1) is 5.92 Å². The zero-order chi connectivity index (χ0) is 15.0. The van der Waals surface area contributed by atoms with Crippen LogP contribution in [0.25, 0.3) is 0 Å². The SMILES string of the molecule is C(=CC1CCCCC1)CP(C1CCCCC1)C1CCCCC1.[Pd]. The van der Waals surface area contributed by atoms with Gasteiger partial charge in [0.25, 0.3) is 0 Å². The summed E-state index contributed by atoms with van der Waals surface area (Å²) >= 11 is 0. The van der Waals surface area contributed by atoms with Gasteiger partial charge in [-0.05, 0) is 61.9 Å². The molecule has 3 aliphatic rings. The van der Waals surface area contributed by atoms with Crippen LogP contribution in [0.1, 0.15) is 96.3 Å². The number of hydrogen-bond donors (Lipinski definition) is 0. The van der Waals surface area contributed by atoms with Gasteiger partial charge in [-0.1, -0.05) is 77.9 Å². The van der Waals surface area contributed by atoms with Crippen molar-refractivity contribution in [1.82, 2.24) is 0 Å². The molecule has 0 nitrogen and oxygen atoms in total. The first-order valence-corrected chi connectivity index (χ1v) is 12.0. The maximum atomic E-state index is 2.66. The summed E-state index contributed by atoms with van der Waals surface area (Å²) in [5.41, 5.74) is 2.26. The molecule has 3 aliphatic carbocycles. The summed E-state index contributed by atoms with van der Waals surface area (Å²) < 4.78 is 0. The van der Waals surface area contributed by atoms with Crippen LogP contribution in [0.5, 0.6) is 0 Å². The fourth-order valence-corrected chi connectivity index (χ4v) is 8.74. The minimum Gasteiger partial charge on any atom is -0.0965 e. The summed E-state index contributed by atoms with van der Waals surface area (Å²) in [6, 6.07) is 0. The fraction of sp³-hybridized carbons (Fsp3) is 0.905. The summed E-state index contributed by atoms with van der Waals surface area (Å²) in [6.07, 6.45) is 29.6. The Bertz CT molecular complexity index is 305. The second kappa shape index (κ2) is 11.4. The van der Waals surface area contributed by atoms with Gasteiger partial charge in [0.05, 0.1) is 0 Å². The average molecular weight is 427 g/mol. The van der Waals surface area contributed by atoms with E-state index in [1.165, 1.54) is 76.8 Å². The molecule has 0 aromatic rings. The van der Waals surface area contributed by atoms with Gasteiger partial charge in [-0.15, -0.1) is 0 Å². The van der Waals surface area contributed by atoms with Crippen LogP contribution in [-0.2, 0) is 20.4 Å². The molecule has 3 rings (SSSR count). The van der Waals surface area contributed by atoms with Crippen molar-refractivity contribution >= 4 is 7.92 Å². The molecule has 136 valence electrons. The normalized spacial score (nSPS) is 25.8. The van der Waals surface area contributed by atoms with Crippen molar-refractivity contribution < 1.29 is 20.4 Å². The van der Waals surface area contributed by atoms with Crippen LogP contribution in [0.4, 0.5) is 0 Å². The largest absolute Gasteiger partial charge is 0.0965 e. The zero-order valence-corrected chi connectivity index (χ0v) is 17.4. The molecular formula is C21H37PPd. The molecule has 0 radical (unpaired) electrons. The molecule has 0 atom stereocenters. The molecule has 0 heterocycles. The van der Waals surface area contributed by atoms with E-state index in [0.717, 1.165) is 17.2 Å². The third kappa shape index (κ3) is 6.57. The van der Waals surface area contributed by atoms with Crippen molar-refractivity contribution in [1.29, 1.82) is 0 Å². The van der Waals surface area contributed by atoms with E-state index in [-0.39, 0.29) is 28.3 Å². The minimum atomic E-state index is 0. The summed E-state index contributed by atoms with van der Waals surface area (Å²) in [6.45, 7) is 0. The van der Waals surface area contributed by atoms with Crippen molar-refractivity contribution in [2.75, 3.05) is 6.16 Å². The quantitative estimate of drug-likeness (QED) is 0.246. The summed E-state index contributed by atoms with van der Waals surface area (Å²) in [4.78, 5) is 0. The van der Waals surface area contributed by atoms with Gasteiger partial charge in [-0.2, -0.15) is 0 Å². The number of hydrogen-bond acceptors (Lipinski definition) is 0. The molecule has 0 aromatic carbocycles. The van der Waals surface area contributed by atoms with E-state index in [2.05, 4.69) is 12.2 Å². The van der Waals surface area contributed by atoms with Crippen LogP contribution < -0.4 is 0 Å². The van der Waals surface area contributed by atoms with E-state index in [1.807, 2.05) is 0 Å². The van der Waals surface area contributed by atoms with E-state index >= 15 is 0 Å². The van der Waals surface area contributed by atoms with Crippen molar-refractivity contribution in [3.8, 4) is 0 Å². The average Bonchev–Trinajstić information content (AvgIpc) is 2.61. The maximum Gasteiger partial charge on any atom is 0 e. The van der Waals surface area contributed by atoms with E-state index < -0.39 is 0 Å². The minimum absolute atomic E-state index is 0. The zero-order valence-electron chi connectivity index (χ0n) is 15.0. The van der Waals surface area contributed by atoms with Gasteiger partial charge < -0.3 is 0 Å². The smallest absolute Gasteiger partial charge is 0 e. The summed E-state index contributed by atoms with van der Waals surface area (Å²) in [5.74, 6) is 0.934. The molecule has 0 aliphatic heterocycles. The monoisotopic (exact) mass is 426 g/mol. The summed E-state index contributed by atoms with van der Waals surface area (Å²) in [7, 11) is 0.289. The predicted octanol–water partition coefficient (Wildman–Crippen LogP) is 7.27. The first-order valence-electron chi connectivity index (χ1n) is 10.4. The Morgan fingerprint density at radius 1 is 0.609 bits per heavy atom. The van der Waals surface area contributed by atoms with Crippen molar-refractivity contribution in [3.05, 3.63) is 12.2 Å². The molecule has 3 saturated carbocycles. The first kappa shape index (κ1) is 20.1. The molecule has 23 heavy (non-hydrogen) atoms.